The number of piperidine rings is 1. The molecule has 28 heavy (non-hydrogen) atoms. The molecule has 3 heterocycles. The van der Waals surface area contributed by atoms with Crippen LogP contribution in [0.25, 0.3) is 11.3 Å². The SMILES string of the molecule is CC1CC(C)CN(c2nnc(NC(=O)c3cc(-c4ccc(Br)cc4)on3)s2)C1. The molecule has 2 atom stereocenters. The van der Waals surface area contributed by atoms with Crippen LogP contribution in [0.15, 0.2) is 39.3 Å². The van der Waals surface area contributed by atoms with Crippen LogP contribution in [-0.4, -0.2) is 34.4 Å². The third-order valence-corrected chi connectivity index (χ3v) is 6.07. The van der Waals surface area contributed by atoms with Crippen molar-refractivity contribution in [3.8, 4) is 11.3 Å². The molecule has 2 aromatic heterocycles. The van der Waals surface area contributed by atoms with Crippen LogP contribution < -0.4 is 10.2 Å². The zero-order chi connectivity index (χ0) is 19.7. The molecule has 1 N–H and O–H groups in total. The van der Waals surface area contributed by atoms with Crippen molar-refractivity contribution in [3.05, 3.63) is 40.5 Å². The number of hydrogen-bond acceptors (Lipinski definition) is 7. The highest BCUT2D eigenvalue weighted by Gasteiger charge is 2.25. The molecule has 4 rings (SSSR count). The average molecular weight is 462 g/mol. The molecule has 9 heteroatoms. The van der Waals surface area contributed by atoms with E-state index in [0.717, 1.165) is 28.3 Å². The summed E-state index contributed by atoms with van der Waals surface area (Å²) in [5.74, 6) is 1.41. The Kier molecular flexibility index (Phi) is 5.45. The second-order valence-electron chi connectivity index (χ2n) is 7.28. The molecule has 3 aromatic rings. The van der Waals surface area contributed by atoms with E-state index < -0.39 is 0 Å². The fourth-order valence-electron chi connectivity index (χ4n) is 3.51. The molecule has 1 saturated heterocycles. The molecule has 1 aliphatic rings. The Morgan fingerprint density at radius 2 is 1.93 bits per heavy atom. The van der Waals surface area contributed by atoms with Gasteiger partial charge in [0, 0.05) is 29.2 Å². The van der Waals surface area contributed by atoms with Gasteiger partial charge in [0.25, 0.3) is 5.91 Å². The molecule has 1 amide bonds. The van der Waals surface area contributed by atoms with Crippen LogP contribution in [0.3, 0.4) is 0 Å². The second kappa shape index (κ2) is 8.00. The number of nitrogens with one attached hydrogen (secondary N) is 1. The number of aromatic nitrogens is 3. The summed E-state index contributed by atoms with van der Waals surface area (Å²) < 4.78 is 6.28. The first-order chi connectivity index (χ1) is 13.5. The molecule has 1 aromatic carbocycles. The first kappa shape index (κ1) is 19.1. The lowest BCUT2D eigenvalue weighted by atomic mass is 9.92. The molecule has 7 nitrogen and oxygen atoms in total. The fourth-order valence-corrected chi connectivity index (χ4v) is 4.53. The Balaban J connectivity index is 1.43. The number of carbonyl (C=O) groups excluding carboxylic acids is 1. The minimum Gasteiger partial charge on any atom is -0.355 e. The van der Waals surface area contributed by atoms with Crippen molar-refractivity contribution in [2.24, 2.45) is 11.8 Å². The molecule has 0 saturated carbocycles. The summed E-state index contributed by atoms with van der Waals surface area (Å²) in [6, 6.07) is 9.22. The number of carbonyl (C=O) groups is 1. The summed E-state index contributed by atoms with van der Waals surface area (Å²) >= 11 is 4.77. The number of nitrogens with zero attached hydrogens (tertiary/aromatic N) is 4. The van der Waals surface area contributed by atoms with Gasteiger partial charge in [0.05, 0.1) is 0 Å². The van der Waals surface area contributed by atoms with E-state index >= 15 is 0 Å². The largest absolute Gasteiger partial charge is 0.355 e. The highest BCUT2D eigenvalue weighted by Crippen LogP contribution is 2.30. The van der Waals surface area contributed by atoms with E-state index in [9.17, 15) is 4.79 Å². The van der Waals surface area contributed by atoms with Gasteiger partial charge in [-0.2, -0.15) is 0 Å². The van der Waals surface area contributed by atoms with E-state index in [1.807, 2.05) is 24.3 Å². The molecule has 0 radical (unpaired) electrons. The Hall–Kier alpha value is -2.26. The van der Waals surface area contributed by atoms with Gasteiger partial charge in [0.15, 0.2) is 11.5 Å². The maximum Gasteiger partial charge on any atom is 0.279 e. The number of halogens is 1. The van der Waals surface area contributed by atoms with Crippen LogP contribution in [0.4, 0.5) is 10.3 Å². The van der Waals surface area contributed by atoms with Gasteiger partial charge < -0.3 is 9.42 Å². The Bertz CT molecular complexity index is 961. The third-order valence-electron chi connectivity index (χ3n) is 4.65. The highest BCUT2D eigenvalue weighted by molar-refractivity contribution is 9.10. The van der Waals surface area contributed by atoms with Crippen molar-refractivity contribution < 1.29 is 9.32 Å². The van der Waals surface area contributed by atoms with Gasteiger partial charge >= 0.3 is 0 Å². The minimum atomic E-state index is -0.366. The van der Waals surface area contributed by atoms with Crippen molar-refractivity contribution in [2.75, 3.05) is 23.3 Å². The van der Waals surface area contributed by atoms with E-state index in [1.165, 1.54) is 17.8 Å². The highest BCUT2D eigenvalue weighted by atomic mass is 79.9. The van der Waals surface area contributed by atoms with Gasteiger partial charge in [0.2, 0.25) is 10.3 Å². The van der Waals surface area contributed by atoms with E-state index in [-0.39, 0.29) is 11.6 Å². The standard InChI is InChI=1S/C19H20BrN5O2S/c1-11-7-12(2)10-25(9-11)19-23-22-18(28-19)21-17(26)15-8-16(27-24-15)13-3-5-14(20)6-4-13/h3-6,8,11-12H,7,9-10H2,1-2H3,(H,21,22,26). The Morgan fingerprint density at radius 3 is 2.64 bits per heavy atom. The molecule has 1 fully saturated rings. The maximum atomic E-state index is 12.5. The van der Waals surface area contributed by atoms with Gasteiger partial charge in [-0.25, -0.2) is 0 Å². The lowest BCUT2D eigenvalue weighted by Crippen LogP contribution is -2.38. The molecule has 0 bridgehead atoms. The fraction of sp³-hybridized carbons (Fsp3) is 0.368. The molecule has 0 aliphatic carbocycles. The molecule has 0 spiro atoms. The zero-order valence-electron chi connectivity index (χ0n) is 15.6. The Morgan fingerprint density at radius 1 is 1.21 bits per heavy atom. The van der Waals surface area contributed by atoms with E-state index in [0.29, 0.717) is 22.7 Å². The zero-order valence-corrected chi connectivity index (χ0v) is 18.0. The topological polar surface area (TPSA) is 84.2 Å². The van der Waals surface area contributed by atoms with Crippen LogP contribution >= 0.6 is 27.3 Å². The number of benzene rings is 1. The van der Waals surface area contributed by atoms with E-state index in [4.69, 9.17) is 4.52 Å². The summed E-state index contributed by atoms with van der Waals surface area (Å²) in [6.45, 7) is 6.43. The van der Waals surface area contributed by atoms with Gasteiger partial charge in [-0.05, 0) is 30.4 Å². The maximum absolute atomic E-state index is 12.5. The van der Waals surface area contributed by atoms with Gasteiger partial charge in [-0.3, -0.25) is 10.1 Å². The summed E-state index contributed by atoms with van der Waals surface area (Å²) in [7, 11) is 0. The molecule has 146 valence electrons. The van der Waals surface area contributed by atoms with Crippen molar-refractivity contribution in [1.29, 1.82) is 0 Å². The first-order valence-electron chi connectivity index (χ1n) is 9.10. The van der Waals surface area contributed by atoms with Gasteiger partial charge in [0.1, 0.15) is 0 Å². The number of anilines is 2. The quantitative estimate of drug-likeness (QED) is 0.606. The van der Waals surface area contributed by atoms with Crippen LogP contribution in [-0.2, 0) is 0 Å². The van der Waals surface area contributed by atoms with Crippen LogP contribution in [0, 0.1) is 11.8 Å². The van der Waals surface area contributed by atoms with Crippen LogP contribution in [0.5, 0.6) is 0 Å². The molecular weight excluding hydrogens is 442 g/mol. The average Bonchev–Trinajstić information content (AvgIpc) is 3.31. The lowest BCUT2D eigenvalue weighted by Gasteiger charge is -2.34. The van der Waals surface area contributed by atoms with E-state index in [2.05, 4.69) is 55.3 Å². The Labute approximate surface area is 175 Å². The van der Waals surface area contributed by atoms with Gasteiger partial charge in [-0.15, -0.1) is 10.2 Å². The summed E-state index contributed by atoms with van der Waals surface area (Å²) in [4.78, 5) is 14.7. The smallest absolute Gasteiger partial charge is 0.279 e. The predicted octanol–water partition coefficient (Wildman–Crippen LogP) is 4.69. The first-order valence-corrected chi connectivity index (χ1v) is 10.7. The van der Waals surface area contributed by atoms with Crippen molar-refractivity contribution >= 4 is 43.4 Å². The van der Waals surface area contributed by atoms with Crippen molar-refractivity contribution in [3.63, 3.8) is 0 Å². The van der Waals surface area contributed by atoms with Crippen molar-refractivity contribution in [1.82, 2.24) is 15.4 Å². The molecular formula is C19H20BrN5O2S. The van der Waals surface area contributed by atoms with Crippen LogP contribution in [0.1, 0.15) is 30.8 Å². The van der Waals surface area contributed by atoms with Gasteiger partial charge in [-0.1, -0.05) is 58.4 Å². The second-order valence-corrected chi connectivity index (χ2v) is 9.15. The summed E-state index contributed by atoms with van der Waals surface area (Å²) in [6.07, 6.45) is 1.23. The molecule has 1 aliphatic heterocycles. The number of hydrogen-bond donors (Lipinski definition) is 1. The van der Waals surface area contributed by atoms with Crippen LogP contribution in [0.2, 0.25) is 0 Å². The predicted molar refractivity (Wildman–Crippen MR) is 113 cm³/mol. The lowest BCUT2D eigenvalue weighted by molar-refractivity contribution is 0.101. The summed E-state index contributed by atoms with van der Waals surface area (Å²) in [5, 5.41) is 16.3. The number of rotatable bonds is 4. The summed E-state index contributed by atoms with van der Waals surface area (Å²) in [5.41, 5.74) is 1.05. The van der Waals surface area contributed by atoms with Crippen molar-refractivity contribution in [2.45, 2.75) is 20.3 Å². The third kappa shape index (κ3) is 4.25. The monoisotopic (exact) mass is 461 g/mol. The normalized spacial score (nSPS) is 19.6. The minimum absolute atomic E-state index is 0.204. The number of amides is 1. The van der Waals surface area contributed by atoms with E-state index in [1.54, 1.807) is 6.07 Å². The molecule has 2 unspecified atom stereocenters.